The van der Waals surface area contributed by atoms with Gasteiger partial charge < -0.3 is 4.74 Å². The molecule has 0 bridgehead atoms. The molecule has 1 aromatic rings. The Bertz CT molecular complexity index is 334. The van der Waals surface area contributed by atoms with Crippen molar-refractivity contribution in [3.63, 3.8) is 0 Å². The molecule has 0 amide bonds. The summed E-state index contributed by atoms with van der Waals surface area (Å²) < 4.78 is 5.67. The first-order valence-electron chi connectivity index (χ1n) is 4.95. The van der Waals surface area contributed by atoms with Gasteiger partial charge in [0.15, 0.2) is 0 Å². The summed E-state index contributed by atoms with van der Waals surface area (Å²) >= 11 is 0. The molecule has 1 nitrogen and oxygen atoms in total. The van der Waals surface area contributed by atoms with E-state index in [2.05, 4.69) is 44.7 Å². The Morgan fingerprint density at radius 2 is 1.93 bits per heavy atom. The van der Waals surface area contributed by atoms with E-state index in [0.29, 0.717) is 0 Å². The molecule has 1 aliphatic rings. The number of hydrogen-bond donors (Lipinski definition) is 0. The van der Waals surface area contributed by atoms with Crippen molar-refractivity contribution in [2.45, 2.75) is 19.4 Å². The summed E-state index contributed by atoms with van der Waals surface area (Å²) in [4.78, 5) is 0. The van der Waals surface area contributed by atoms with Crippen LogP contribution in [0.3, 0.4) is 0 Å². The molecule has 14 heavy (non-hydrogen) atoms. The van der Waals surface area contributed by atoms with Crippen LogP contribution >= 0.6 is 0 Å². The lowest BCUT2D eigenvalue weighted by molar-refractivity contribution is 0.183. The molecule has 74 valence electrons. The van der Waals surface area contributed by atoms with Gasteiger partial charge in [0, 0.05) is 5.41 Å². The molecule has 0 aromatic heterocycles. The summed E-state index contributed by atoms with van der Waals surface area (Å²) in [5.74, 6) is 0. The summed E-state index contributed by atoms with van der Waals surface area (Å²) in [5.41, 5.74) is 1.12. The van der Waals surface area contributed by atoms with Crippen LogP contribution in [0.25, 0.3) is 0 Å². The van der Waals surface area contributed by atoms with Crippen LogP contribution in [0.5, 0.6) is 0 Å². The molecule has 1 aliphatic heterocycles. The molecule has 1 atom stereocenters. The molecule has 0 saturated carbocycles. The molecule has 1 fully saturated rings. The molecule has 2 rings (SSSR count). The molecular weight excluding hydrogens is 172 g/mol. The van der Waals surface area contributed by atoms with Crippen LogP contribution < -0.4 is 0 Å². The minimum absolute atomic E-state index is 0.00560. The monoisotopic (exact) mass is 188 g/mol. The van der Waals surface area contributed by atoms with Crippen LogP contribution in [-0.2, 0) is 10.3 Å². The number of benzene rings is 1. The van der Waals surface area contributed by atoms with E-state index in [0.717, 1.165) is 6.61 Å². The van der Waals surface area contributed by atoms with Gasteiger partial charge in [0.25, 0.3) is 0 Å². The fourth-order valence-corrected chi connectivity index (χ4v) is 1.86. The van der Waals surface area contributed by atoms with Crippen molar-refractivity contribution in [1.29, 1.82) is 0 Å². The SMILES string of the molecule is C=CC(C)(C)C1(c2ccccc2)CO1. The van der Waals surface area contributed by atoms with Gasteiger partial charge in [0.2, 0.25) is 0 Å². The lowest BCUT2D eigenvalue weighted by Crippen LogP contribution is -2.28. The summed E-state index contributed by atoms with van der Waals surface area (Å²) in [7, 11) is 0. The predicted octanol–water partition coefficient (Wildman–Crippen LogP) is 3.12. The van der Waals surface area contributed by atoms with Gasteiger partial charge in [0.1, 0.15) is 5.60 Å². The normalized spacial score (nSPS) is 25.9. The molecule has 1 unspecified atom stereocenters. The Balaban J connectivity index is 2.39. The topological polar surface area (TPSA) is 12.5 Å². The lowest BCUT2D eigenvalue weighted by atomic mass is 9.75. The van der Waals surface area contributed by atoms with Crippen LogP contribution in [0.4, 0.5) is 0 Å². The quantitative estimate of drug-likeness (QED) is 0.524. The zero-order valence-corrected chi connectivity index (χ0v) is 8.79. The Kier molecular flexibility index (Phi) is 2.00. The summed E-state index contributed by atoms with van der Waals surface area (Å²) in [6, 6.07) is 10.4. The molecule has 1 aromatic carbocycles. The Morgan fingerprint density at radius 1 is 1.36 bits per heavy atom. The van der Waals surface area contributed by atoms with E-state index < -0.39 is 0 Å². The number of hydrogen-bond acceptors (Lipinski definition) is 1. The maximum Gasteiger partial charge on any atom is 0.125 e. The summed E-state index contributed by atoms with van der Waals surface area (Å²) in [5, 5.41) is 0. The van der Waals surface area contributed by atoms with Crippen LogP contribution in [0.15, 0.2) is 43.0 Å². The van der Waals surface area contributed by atoms with Crippen molar-refractivity contribution in [2.75, 3.05) is 6.61 Å². The van der Waals surface area contributed by atoms with Crippen molar-refractivity contribution >= 4 is 0 Å². The van der Waals surface area contributed by atoms with Crippen LogP contribution in [-0.4, -0.2) is 6.61 Å². The minimum atomic E-state index is -0.129. The molecule has 1 heterocycles. The fraction of sp³-hybridized carbons (Fsp3) is 0.385. The number of rotatable bonds is 3. The van der Waals surface area contributed by atoms with E-state index >= 15 is 0 Å². The van der Waals surface area contributed by atoms with Crippen LogP contribution in [0.2, 0.25) is 0 Å². The second-order valence-electron chi connectivity index (χ2n) is 4.41. The highest BCUT2D eigenvalue weighted by Crippen LogP contribution is 2.53. The molecule has 0 radical (unpaired) electrons. The van der Waals surface area contributed by atoms with E-state index in [1.54, 1.807) is 0 Å². The van der Waals surface area contributed by atoms with Crippen molar-refractivity contribution in [2.24, 2.45) is 5.41 Å². The third-order valence-corrected chi connectivity index (χ3v) is 3.22. The highest BCUT2D eigenvalue weighted by Gasteiger charge is 2.56. The van der Waals surface area contributed by atoms with Gasteiger partial charge in [0.05, 0.1) is 6.61 Å². The standard InChI is InChI=1S/C13H16O/c1-4-12(2,3)13(10-14-13)11-8-6-5-7-9-11/h4-9H,1,10H2,2-3H3. The average Bonchev–Trinajstić information content (AvgIpc) is 3.00. The Morgan fingerprint density at radius 3 is 2.36 bits per heavy atom. The third kappa shape index (κ3) is 1.20. The van der Waals surface area contributed by atoms with E-state index in [1.807, 2.05) is 12.1 Å². The highest BCUT2D eigenvalue weighted by atomic mass is 16.6. The van der Waals surface area contributed by atoms with Gasteiger partial charge in [-0.1, -0.05) is 50.3 Å². The highest BCUT2D eigenvalue weighted by molar-refractivity contribution is 5.31. The maximum absolute atomic E-state index is 5.67. The molecule has 1 heteroatoms. The second-order valence-corrected chi connectivity index (χ2v) is 4.41. The van der Waals surface area contributed by atoms with Crippen LogP contribution in [0.1, 0.15) is 19.4 Å². The zero-order chi connectivity index (χ0) is 10.2. The zero-order valence-electron chi connectivity index (χ0n) is 8.79. The first-order chi connectivity index (χ1) is 6.62. The third-order valence-electron chi connectivity index (χ3n) is 3.22. The van der Waals surface area contributed by atoms with E-state index in [4.69, 9.17) is 4.74 Å². The first-order valence-corrected chi connectivity index (χ1v) is 4.95. The minimum Gasteiger partial charge on any atom is -0.364 e. The van der Waals surface area contributed by atoms with Gasteiger partial charge in [-0.15, -0.1) is 6.58 Å². The predicted molar refractivity (Wildman–Crippen MR) is 58.1 cm³/mol. The van der Waals surface area contributed by atoms with Crippen molar-refractivity contribution in [1.82, 2.24) is 0 Å². The van der Waals surface area contributed by atoms with Gasteiger partial charge in [-0.2, -0.15) is 0 Å². The van der Waals surface area contributed by atoms with E-state index in [-0.39, 0.29) is 11.0 Å². The van der Waals surface area contributed by atoms with Crippen molar-refractivity contribution < 1.29 is 4.74 Å². The molecule has 0 N–H and O–H groups in total. The molecular formula is C13H16O. The van der Waals surface area contributed by atoms with Crippen LogP contribution in [0, 0.1) is 5.41 Å². The summed E-state index contributed by atoms with van der Waals surface area (Å²) in [6.45, 7) is 9.02. The smallest absolute Gasteiger partial charge is 0.125 e. The van der Waals surface area contributed by atoms with Crippen molar-refractivity contribution in [3.05, 3.63) is 48.6 Å². The fourth-order valence-electron chi connectivity index (χ4n) is 1.86. The molecule has 0 spiro atoms. The first kappa shape index (κ1) is 9.47. The molecule has 1 saturated heterocycles. The number of epoxide rings is 1. The van der Waals surface area contributed by atoms with Gasteiger partial charge >= 0.3 is 0 Å². The lowest BCUT2D eigenvalue weighted by Gasteiger charge is -2.28. The maximum atomic E-state index is 5.67. The van der Waals surface area contributed by atoms with Gasteiger partial charge in [-0.3, -0.25) is 0 Å². The Labute approximate surface area is 85.4 Å². The largest absolute Gasteiger partial charge is 0.364 e. The van der Waals surface area contributed by atoms with E-state index in [1.165, 1.54) is 5.56 Å². The number of ether oxygens (including phenoxy) is 1. The van der Waals surface area contributed by atoms with Crippen molar-refractivity contribution in [3.8, 4) is 0 Å². The van der Waals surface area contributed by atoms with Gasteiger partial charge in [-0.05, 0) is 5.56 Å². The summed E-state index contributed by atoms with van der Waals surface area (Å²) in [6.07, 6.45) is 1.98. The Hall–Kier alpha value is -1.08. The average molecular weight is 188 g/mol. The second kappa shape index (κ2) is 2.96. The molecule has 0 aliphatic carbocycles. The van der Waals surface area contributed by atoms with Gasteiger partial charge in [-0.25, -0.2) is 0 Å². The van der Waals surface area contributed by atoms with E-state index in [9.17, 15) is 0 Å².